The Morgan fingerprint density at radius 3 is 2.22 bits per heavy atom. The van der Waals surface area contributed by atoms with Gasteiger partial charge in [-0.1, -0.05) is 83.9 Å². The van der Waals surface area contributed by atoms with Gasteiger partial charge < -0.3 is 16.0 Å². The summed E-state index contributed by atoms with van der Waals surface area (Å²) in [7, 11) is 0. The monoisotopic (exact) mass is 672 g/mol. The van der Waals surface area contributed by atoms with Gasteiger partial charge in [0.25, 0.3) is 11.8 Å². The van der Waals surface area contributed by atoms with Gasteiger partial charge in [-0.25, -0.2) is 4.98 Å². The lowest BCUT2D eigenvalue weighted by atomic mass is 10.1. The fourth-order valence-electron chi connectivity index (χ4n) is 4.12. The van der Waals surface area contributed by atoms with Crippen molar-refractivity contribution in [1.82, 2.24) is 10.3 Å². The number of nitrogens with zero attached hydrogens (tertiary/aromatic N) is 1. The molecule has 1 heterocycles. The molecule has 0 bridgehead atoms. The molecule has 5 rings (SSSR count). The number of carbonyl (C=O) groups excluding carboxylic acids is 3. The first kappa shape index (κ1) is 32.0. The number of benzene rings is 4. The highest BCUT2D eigenvalue weighted by Crippen LogP contribution is 2.30. The smallest absolute Gasteiger partial charge is 0.272 e. The van der Waals surface area contributed by atoms with E-state index in [-0.39, 0.29) is 11.6 Å². The molecule has 0 aliphatic heterocycles. The van der Waals surface area contributed by atoms with Crippen LogP contribution in [0.3, 0.4) is 0 Å². The van der Waals surface area contributed by atoms with Crippen molar-refractivity contribution in [3.63, 3.8) is 0 Å². The molecular weight excluding hydrogens is 647 g/mol. The summed E-state index contributed by atoms with van der Waals surface area (Å²) in [5.41, 5.74) is 2.95. The largest absolute Gasteiger partial charge is 0.321 e. The van der Waals surface area contributed by atoms with E-state index in [1.54, 1.807) is 73.7 Å². The maximum Gasteiger partial charge on any atom is 0.272 e. The van der Waals surface area contributed by atoms with Gasteiger partial charge in [0.05, 0.1) is 10.9 Å². The normalized spacial score (nSPS) is 11.8. The summed E-state index contributed by atoms with van der Waals surface area (Å²) in [5, 5.41) is 11.0. The highest BCUT2D eigenvalue weighted by molar-refractivity contribution is 8.00. The third-order valence-electron chi connectivity index (χ3n) is 6.40. The number of carbonyl (C=O) groups is 3. The van der Waals surface area contributed by atoms with Crippen molar-refractivity contribution in [3.8, 4) is 11.3 Å². The fourth-order valence-corrected chi connectivity index (χ4v) is 6.27. The summed E-state index contributed by atoms with van der Waals surface area (Å²) in [4.78, 5) is 44.7. The maximum atomic E-state index is 13.5. The Morgan fingerprint density at radius 1 is 0.844 bits per heavy atom. The van der Waals surface area contributed by atoms with Gasteiger partial charge in [0.1, 0.15) is 5.70 Å². The molecular formula is C34H26Cl2N4O3S2. The van der Waals surface area contributed by atoms with Crippen molar-refractivity contribution in [2.24, 2.45) is 0 Å². The van der Waals surface area contributed by atoms with Crippen LogP contribution in [0.1, 0.15) is 22.8 Å². The fraction of sp³-hybridized carbons (Fsp3) is 0.0588. The minimum absolute atomic E-state index is 0.0528. The summed E-state index contributed by atoms with van der Waals surface area (Å²) in [5.74, 6) is -1.25. The summed E-state index contributed by atoms with van der Waals surface area (Å²) in [6.45, 7) is 1.80. The first-order valence-corrected chi connectivity index (χ1v) is 16.2. The van der Waals surface area contributed by atoms with E-state index in [0.717, 1.165) is 16.2 Å². The molecule has 0 aliphatic carbocycles. The third-order valence-corrected chi connectivity index (χ3v) is 8.91. The van der Waals surface area contributed by atoms with Crippen LogP contribution in [-0.4, -0.2) is 28.0 Å². The number of halogens is 2. The maximum absolute atomic E-state index is 13.5. The van der Waals surface area contributed by atoms with Crippen LogP contribution in [0, 0.1) is 0 Å². The van der Waals surface area contributed by atoms with E-state index in [2.05, 4.69) is 20.9 Å². The molecule has 0 aliphatic rings. The molecule has 1 aromatic heterocycles. The summed E-state index contributed by atoms with van der Waals surface area (Å²) < 4.78 is 0. The molecule has 0 saturated carbocycles. The number of thiazole rings is 1. The predicted octanol–water partition coefficient (Wildman–Crippen LogP) is 8.65. The van der Waals surface area contributed by atoms with E-state index in [4.69, 9.17) is 23.2 Å². The van der Waals surface area contributed by atoms with Crippen LogP contribution in [0.5, 0.6) is 0 Å². The summed E-state index contributed by atoms with van der Waals surface area (Å²) >= 11 is 15.4. The highest BCUT2D eigenvalue weighted by atomic mass is 35.5. The number of aromatic nitrogens is 1. The van der Waals surface area contributed by atoms with Crippen molar-refractivity contribution in [1.29, 1.82) is 0 Å². The second kappa shape index (κ2) is 15.0. The molecule has 0 saturated heterocycles. The van der Waals surface area contributed by atoms with E-state index in [0.29, 0.717) is 32.0 Å². The lowest BCUT2D eigenvalue weighted by Gasteiger charge is -2.14. The number of hydrogen-bond acceptors (Lipinski definition) is 6. The second-order valence-electron chi connectivity index (χ2n) is 9.65. The number of amides is 3. The minimum Gasteiger partial charge on any atom is -0.321 e. The van der Waals surface area contributed by atoms with Gasteiger partial charge in [-0.15, -0.1) is 23.1 Å². The van der Waals surface area contributed by atoms with E-state index in [1.165, 1.54) is 29.2 Å². The van der Waals surface area contributed by atoms with E-state index in [1.807, 2.05) is 41.8 Å². The van der Waals surface area contributed by atoms with Crippen LogP contribution >= 0.6 is 46.3 Å². The Hall–Kier alpha value is -4.41. The lowest BCUT2D eigenvalue weighted by molar-refractivity contribution is -0.115. The lowest BCUT2D eigenvalue weighted by Crippen LogP contribution is -2.30. The Morgan fingerprint density at radius 2 is 1.51 bits per heavy atom. The highest BCUT2D eigenvalue weighted by Gasteiger charge is 2.19. The van der Waals surface area contributed by atoms with E-state index < -0.39 is 17.1 Å². The zero-order valence-corrected chi connectivity index (χ0v) is 26.9. The average molecular weight is 674 g/mol. The van der Waals surface area contributed by atoms with Gasteiger partial charge in [0.2, 0.25) is 5.91 Å². The topological polar surface area (TPSA) is 100 Å². The van der Waals surface area contributed by atoms with Crippen molar-refractivity contribution < 1.29 is 14.4 Å². The first-order valence-electron chi connectivity index (χ1n) is 13.7. The summed E-state index contributed by atoms with van der Waals surface area (Å²) in [6.07, 6.45) is 1.44. The molecule has 4 aromatic carbocycles. The average Bonchev–Trinajstić information content (AvgIpc) is 3.51. The van der Waals surface area contributed by atoms with Crippen molar-refractivity contribution in [2.45, 2.75) is 17.1 Å². The zero-order valence-electron chi connectivity index (χ0n) is 23.8. The summed E-state index contributed by atoms with van der Waals surface area (Å²) in [6, 6.07) is 30.3. The molecule has 11 heteroatoms. The van der Waals surface area contributed by atoms with Crippen molar-refractivity contribution in [3.05, 3.63) is 135 Å². The third kappa shape index (κ3) is 8.61. The van der Waals surface area contributed by atoms with Crippen LogP contribution in [0.15, 0.2) is 119 Å². The Balaban J connectivity index is 1.28. The van der Waals surface area contributed by atoms with Gasteiger partial charge in [0.15, 0.2) is 5.13 Å². The van der Waals surface area contributed by atoms with Gasteiger partial charge in [-0.3, -0.25) is 14.4 Å². The number of hydrogen-bond donors (Lipinski definition) is 3. The standard InChI is InChI=1S/C34H26Cl2N4O3S2/c1-21(31(41)40-34-39-30(20-44-34)22-10-4-2-5-11-22)45-25-15-8-14-24(18-25)37-33(43)29(19-26-27(35)16-9-17-28(26)36)38-32(42)23-12-6-3-7-13-23/h2-21H,1H3,(H,37,43)(H,38,42)(H,39,40,41)/b29-19+. The molecule has 0 spiro atoms. The second-order valence-corrected chi connectivity index (χ2v) is 12.7. The molecule has 1 unspecified atom stereocenters. The molecule has 226 valence electrons. The van der Waals surface area contributed by atoms with Crippen LogP contribution in [0.25, 0.3) is 17.3 Å². The van der Waals surface area contributed by atoms with E-state index >= 15 is 0 Å². The number of thioether (sulfide) groups is 1. The molecule has 7 nitrogen and oxygen atoms in total. The predicted molar refractivity (Wildman–Crippen MR) is 185 cm³/mol. The van der Waals surface area contributed by atoms with Crippen molar-refractivity contribution >= 4 is 80.9 Å². The van der Waals surface area contributed by atoms with Crippen molar-refractivity contribution in [2.75, 3.05) is 10.6 Å². The minimum atomic E-state index is -0.582. The zero-order chi connectivity index (χ0) is 31.8. The molecule has 0 radical (unpaired) electrons. The van der Waals surface area contributed by atoms with Crippen LogP contribution in [-0.2, 0) is 9.59 Å². The molecule has 5 aromatic rings. The van der Waals surface area contributed by atoms with Gasteiger partial charge >= 0.3 is 0 Å². The number of anilines is 2. The molecule has 3 amide bonds. The molecule has 0 fully saturated rings. The Labute approximate surface area is 278 Å². The molecule has 3 N–H and O–H groups in total. The van der Waals surface area contributed by atoms with Gasteiger partial charge in [-0.2, -0.15) is 0 Å². The van der Waals surface area contributed by atoms with Crippen LogP contribution in [0.2, 0.25) is 10.0 Å². The van der Waals surface area contributed by atoms with Crippen LogP contribution < -0.4 is 16.0 Å². The molecule has 1 atom stereocenters. The quantitative estimate of drug-likeness (QED) is 0.102. The molecule has 45 heavy (non-hydrogen) atoms. The number of nitrogens with one attached hydrogen (secondary N) is 3. The Kier molecular flexibility index (Phi) is 10.7. The van der Waals surface area contributed by atoms with Crippen LogP contribution in [0.4, 0.5) is 10.8 Å². The van der Waals surface area contributed by atoms with Gasteiger partial charge in [0, 0.05) is 42.7 Å². The van der Waals surface area contributed by atoms with E-state index in [9.17, 15) is 14.4 Å². The number of rotatable bonds is 10. The first-order chi connectivity index (χ1) is 21.8. The SMILES string of the molecule is CC(Sc1cccc(NC(=O)/C(=C\c2c(Cl)cccc2Cl)NC(=O)c2ccccc2)c1)C(=O)Nc1nc(-c2ccccc2)cs1. The Bertz CT molecular complexity index is 1840. The van der Waals surface area contributed by atoms with Gasteiger partial charge in [-0.05, 0) is 55.5 Å².